The zero-order valence-corrected chi connectivity index (χ0v) is 68.4. The number of halogens is 1. The summed E-state index contributed by atoms with van der Waals surface area (Å²) >= 11 is 11.4. The highest BCUT2D eigenvalue weighted by atomic mass is 35.5. The number of hydrogen-bond donors (Lipinski definition) is 8. The molecule has 28 nitrogen and oxygen atoms in total. The number of fused-ring (bicyclic) bond motifs is 24. The van der Waals surface area contributed by atoms with Gasteiger partial charge in [0, 0.05) is 78.8 Å². The first-order valence-electron chi connectivity index (χ1n) is 41.8. The lowest BCUT2D eigenvalue weighted by molar-refractivity contribution is -0.120. The molecule has 8 bridgehead atoms. The molecular formula is C82H97ClN20O8S4. The number of thiophene rings is 4. The summed E-state index contributed by atoms with van der Waals surface area (Å²) in [6, 6.07) is 0.603. The summed E-state index contributed by atoms with van der Waals surface area (Å²) in [6.45, 7) is 10.2. The molecule has 0 spiro atoms. The fraction of sp³-hybridized carbons (Fsp3) is 0.561. The maximum Gasteiger partial charge on any atom is 0.268 e. The third kappa shape index (κ3) is 13.8. The molecule has 20 heterocycles. The van der Waals surface area contributed by atoms with Crippen LogP contribution in [-0.4, -0.2) is 180 Å². The Hall–Kier alpha value is -8.15. The number of hydrogen-bond acceptors (Lipinski definition) is 23. The van der Waals surface area contributed by atoms with Gasteiger partial charge in [0.15, 0.2) is 0 Å². The molecule has 0 aromatic carbocycles. The van der Waals surface area contributed by atoms with Crippen molar-refractivity contribution in [3.8, 4) is 41.8 Å². The molecule has 11 N–H and O–H groups in total. The number of H-pyrrole nitrogens is 4. The summed E-state index contributed by atoms with van der Waals surface area (Å²) in [5.41, 5.74) is 33.9. The molecule has 0 radical (unpaired) electrons. The number of aryl methyl sites for hydroxylation is 6. The Labute approximate surface area is 684 Å². The van der Waals surface area contributed by atoms with E-state index in [2.05, 4.69) is 67.7 Å². The number of primary amides is 2. The van der Waals surface area contributed by atoms with E-state index in [4.69, 9.17) is 58.4 Å². The normalized spacial score (nSPS) is 27.9. The number of nitrogens with zero attached hydrogens (tertiary/aromatic N) is 12. The van der Waals surface area contributed by atoms with Crippen LogP contribution >= 0.6 is 56.9 Å². The van der Waals surface area contributed by atoms with Gasteiger partial charge in [-0.2, -0.15) is 20.4 Å². The van der Waals surface area contributed by atoms with Gasteiger partial charge < -0.3 is 42.0 Å². The van der Waals surface area contributed by atoms with Gasteiger partial charge in [0.1, 0.15) is 43.3 Å². The lowest BCUT2D eigenvalue weighted by atomic mass is 9.99. The van der Waals surface area contributed by atoms with Crippen molar-refractivity contribution in [3.63, 3.8) is 0 Å². The Kier molecular flexibility index (Phi) is 20.6. The van der Waals surface area contributed by atoms with Crippen molar-refractivity contribution in [1.82, 2.24) is 79.5 Å². The second-order valence-electron chi connectivity index (χ2n) is 33.7. The minimum atomic E-state index is -0.488. The van der Waals surface area contributed by atoms with Crippen molar-refractivity contribution in [2.24, 2.45) is 35.1 Å². The van der Waals surface area contributed by atoms with E-state index < -0.39 is 11.8 Å². The molecule has 14 aliphatic rings. The summed E-state index contributed by atoms with van der Waals surface area (Å²) in [4.78, 5) is 105. The maximum absolute atomic E-state index is 13.2. The number of nitrogens with two attached hydrogens (primary N) is 3. The molecule has 10 aromatic heterocycles. The number of rotatable bonds is 9. The molecule has 4 unspecified atom stereocenters. The number of aromatic amines is 4. The SMILES string of the molecule is NC(=O)c1sc2c(c1N)CCCc1nn(C3CCCCO3)cc1-2.NC(=O)c1sc2c(c1NC(=O)C1C3CCN1CC3)CCCc1nn(C3CCCCO3)cc1-2.O=C(Cl)C1C2CCN1CC2.O=c1[nH]c([C@@H]2C3CCN2CC3)nc2c3c(sc12)-c1cn[nH]c1CCC3.O=c1[nH]c([C@H]2C3CCN2CC3)nc2c3c(sc12)-c1cn[nH]c1CCC3. The van der Waals surface area contributed by atoms with Crippen molar-refractivity contribution >= 4 is 112 Å². The predicted octanol–water partition coefficient (Wildman–Crippen LogP) is 11.5. The third-order valence-electron chi connectivity index (χ3n) is 27.1. The molecule has 0 saturated carbocycles. The highest BCUT2D eigenvalue weighted by Crippen LogP contribution is 2.51. The van der Waals surface area contributed by atoms with Gasteiger partial charge in [-0.15, -0.1) is 45.3 Å². The van der Waals surface area contributed by atoms with E-state index in [1.807, 2.05) is 21.8 Å². The molecule has 10 aliphatic heterocycles. The second-order valence-corrected chi connectivity index (χ2v) is 38.1. The highest BCUT2D eigenvalue weighted by Gasteiger charge is 2.48. The average molecular weight is 1650 g/mol. The van der Waals surface area contributed by atoms with Crippen molar-refractivity contribution in [2.45, 2.75) is 204 Å². The average Bonchev–Trinajstić information content (AvgIpc) is 1.60. The Bertz CT molecular complexity index is 5320. The van der Waals surface area contributed by atoms with Crippen LogP contribution in [0.1, 0.15) is 216 Å². The van der Waals surface area contributed by atoms with E-state index in [9.17, 15) is 28.8 Å². The standard InChI is InChI=1S/C23H29N5O3S.2C18H19N5OS.C16H20N4O2S.C7H10ClNO/c24-22(29)21-18(25-23(30)19-13-7-9-27(19)10-8-13)14-4-3-5-16-15(20(14)32-21)12-28(26-16)17-6-1-2-11-31-17;2*24-18-16-13(20-17(21-18)14-9-4-6-23(14)7-5-9)10-2-1-3-12-11(8-19-22-12)15(10)25-16;17-13-9-4-3-5-11-10(14(9)23-15(13)16(18)21)8-20(19-11)12-6-1-2-7-22-12;8-7(10)6-5-1-3-9(6)4-2-5/h12-13,17,19H,1-11H2,(H2,24,29)(H,25,30);2*8-9,14H,1-7H2,(H,19,22)(H,20,21,24);8,12H,1-7,17H2,(H2,18,21);5-6H,1-4H2/t;2*14-;;/m.10../s1. The molecule has 115 heavy (non-hydrogen) atoms. The number of aromatic nitrogens is 12. The molecule has 24 rings (SSSR count). The van der Waals surface area contributed by atoms with E-state index in [-0.39, 0.29) is 46.8 Å². The molecule has 3 amide bonds. The lowest BCUT2D eigenvalue weighted by Gasteiger charge is -2.22. The van der Waals surface area contributed by atoms with Crippen molar-refractivity contribution in [3.05, 3.63) is 112 Å². The van der Waals surface area contributed by atoms with Crippen LogP contribution in [0.25, 0.3) is 62.2 Å². The van der Waals surface area contributed by atoms with E-state index in [0.29, 0.717) is 56.9 Å². The van der Waals surface area contributed by atoms with E-state index >= 15 is 0 Å². The first-order valence-corrected chi connectivity index (χ1v) is 45.5. The van der Waals surface area contributed by atoms with Crippen LogP contribution in [0, 0.1) is 23.7 Å². The lowest BCUT2D eigenvalue weighted by Crippen LogP contribution is -2.38. The minimum Gasteiger partial charge on any atom is -0.397 e. The molecule has 10 aromatic rings. The Morgan fingerprint density at radius 1 is 0.478 bits per heavy atom. The van der Waals surface area contributed by atoms with Gasteiger partial charge in [-0.25, -0.2) is 19.3 Å². The Morgan fingerprint density at radius 2 is 0.904 bits per heavy atom. The van der Waals surface area contributed by atoms with Crippen molar-refractivity contribution in [2.75, 3.05) is 76.6 Å². The molecule has 6 atom stereocenters. The number of carbonyl (C=O) groups is 4. The van der Waals surface area contributed by atoms with Gasteiger partial charge in [0.25, 0.3) is 22.9 Å². The van der Waals surface area contributed by atoms with Crippen molar-refractivity contribution in [1.29, 1.82) is 0 Å². The zero-order chi connectivity index (χ0) is 78.0. The Balaban J connectivity index is 0.0000000957. The van der Waals surface area contributed by atoms with E-state index in [1.165, 1.54) is 93.5 Å². The molecule has 604 valence electrons. The first kappa shape index (κ1) is 75.6. The summed E-state index contributed by atoms with van der Waals surface area (Å²) in [7, 11) is 0. The zero-order valence-electron chi connectivity index (χ0n) is 64.4. The van der Waals surface area contributed by atoms with Crippen LogP contribution in [0.2, 0.25) is 0 Å². The molecule has 33 heteroatoms. The summed E-state index contributed by atoms with van der Waals surface area (Å²) < 4.78 is 17.2. The number of nitrogens with one attached hydrogen (secondary N) is 5. The van der Waals surface area contributed by atoms with Crippen LogP contribution in [0.15, 0.2) is 34.4 Å². The summed E-state index contributed by atoms with van der Waals surface area (Å²) in [6.07, 6.45) is 35.2. The largest absolute Gasteiger partial charge is 0.397 e. The number of carbonyl (C=O) groups excluding carboxylic acids is 4. The van der Waals surface area contributed by atoms with Gasteiger partial charge in [-0.3, -0.25) is 58.6 Å². The topological polar surface area (TPSA) is 374 Å². The van der Waals surface area contributed by atoms with E-state index in [1.54, 1.807) is 22.7 Å². The number of piperidine rings is 4. The number of nitrogen functional groups attached to an aromatic ring is 1. The van der Waals surface area contributed by atoms with Gasteiger partial charge in [0.05, 0.1) is 70.4 Å². The van der Waals surface area contributed by atoms with Crippen LogP contribution in [0.4, 0.5) is 11.4 Å². The van der Waals surface area contributed by atoms with Gasteiger partial charge in [-0.1, -0.05) is 0 Å². The third-order valence-corrected chi connectivity index (χ3v) is 32.4. The molecule has 10 fully saturated rings. The van der Waals surface area contributed by atoms with Crippen LogP contribution in [-0.2, 0) is 70.4 Å². The van der Waals surface area contributed by atoms with Gasteiger partial charge >= 0.3 is 0 Å². The smallest absolute Gasteiger partial charge is 0.268 e. The maximum atomic E-state index is 13.2. The van der Waals surface area contributed by atoms with Crippen LogP contribution < -0.4 is 33.6 Å². The highest BCUT2D eigenvalue weighted by molar-refractivity contribution is 7.23. The monoisotopic (exact) mass is 1650 g/mol. The number of anilines is 2. The molecular weight excluding hydrogens is 1560 g/mol. The quantitative estimate of drug-likeness (QED) is 0.0622. The molecule has 4 aliphatic carbocycles. The summed E-state index contributed by atoms with van der Waals surface area (Å²) in [5.74, 6) is 3.13. The number of amides is 3. The second kappa shape index (κ2) is 31.3. The fourth-order valence-electron chi connectivity index (χ4n) is 21.5. The van der Waals surface area contributed by atoms with Crippen LogP contribution in [0.3, 0.4) is 0 Å². The summed E-state index contributed by atoms with van der Waals surface area (Å²) in [5, 5.41) is 27.3. The van der Waals surface area contributed by atoms with Crippen molar-refractivity contribution < 1.29 is 28.7 Å². The Morgan fingerprint density at radius 3 is 1.33 bits per heavy atom. The number of ether oxygens (including phenoxy) is 2. The predicted molar refractivity (Wildman–Crippen MR) is 444 cm³/mol. The van der Waals surface area contributed by atoms with Gasteiger partial charge in [-0.05, 0) is 277 Å². The van der Waals surface area contributed by atoms with Gasteiger partial charge in [0.2, 0.25) is 11.1 Å². The molecule has 10 saturated heterocycles. The first-order chi connectivity index (χ1) is 56.1. The minimum absolute atomic E-state index is 0.00358. The van der Waals surface area contributed by atoms with Crippen LogP contribution in [0.5, 0.6) is 0 Å². The van der Waals surface area contributed by atoms with E-state index in [0.717, 1.165) is 281 Å². The fourth-order valence-corrected chi connectivity index (χ4v) is 26.6.